The lowest BCUT2D eigenvalue weighted by atomic mass is 10.1. The fourth-order valence-corrected chi connectivity index (χ4v) is 1.57. The van der Waals surface area contributed by atoms with E-state index in [0.717, 1.165) is 12.3 Å². The molecule has 1 aliphatic carbocycles. The van der Waals surface area contributed by atoms with Gasteiger partial charge in [-0.05, 0) is 32.1 Å². The predicted octanol–water partition coefficient (Wildman–Crippen LogP) is 1.33. The summed E-state index contributed by atoms with van der Waals surface area (Å²) >= 11 is 0. The standard InChI is InChI=1S/C10H19NO2/c1-3-9(8-5-6-8)11-7-10(12)13-4-2/h8-9,11H,3-7H2,1-2H3. The van der Waals surface area contributed by atoms with Crippen LogP contribution in [0.5, 0.6) is 0 Å². The Morgan fingerprint density at radius 1 is 1.54 bits per heavy atom. The quantitative estimate of drug-likeness (QED) is 0.634. The molecule has 1 saturated carbocycles. The molecule has 0 spiro atoms. The van der Waals surface area contributed by atoms with Crippen LogP contribution in [-0.2, 0) is 9.53 Å². The number of esters is 1. The number of ether oxygens (including phenoxy) is 1. The Morgan fingerprint density at radius 2 is 2.23 bits per heavy atom. The van der Waals surface area contributed by atoms with Gasteiger partial charge in [0.15, 0.2) is 0 Å². The van der Waals surface area contributed by atoms with Gasteiger partial charge in [0.05, 0.1) is 13.2 Å². The third-order valence-corrected chi connectivity index (χ3v) is 2.44. The summed E-state index contributed by atoms with van der Waals surface area (Å²) in [5, 5.41) is 3.24. The van der Waals surface area contributed by atoms with Gasteiger partial charge in [0, 0.05) is 6.04 Å². The van der Waals surface area contributed by atoms with E-state index < -0.39 is 0 Å². The lowest BCUT2D eigenvalue weighted by Crippen LogP contribution is -2.35. The maximum Gasteiger partial charge on any atom is 0.319 e. The first-order valence-electron chi connectivity index (χ1n) is 5.16. The van der Waals surface area contributed by atoms with E-state index in [-0.39, 0.29) is 5.97 Å². The summed E-state index contributed by atoms with van der Waals surface area (Å²) in [5.74, 6) is 0.668. The fraction of sp³-hybridized carbons (Fsp3) is 0.900. The summed E-state index contributed by atoms with van der Waals surface area (Å²) in [6, 6.07) is 0.518. The summed E-state index contributed by atoms with van der Waals surface area (Å²) in [4.78, 5) is 11.0. The first-order chi connectivity index (χ1) is 6.27. The molecule has 1 atom stereocenters. The van der Waals surface area contributed by atoms with E-state index in [1.165, 1.54) is 12.8 Å². The molecule has 0 aromatic rings. The third kappa shape index (κ3) is 3.77. The highest BCUT2D eigenvalue weighted by Gasteiger charge is 2.29. The van der Waals surface area contributed by atoms with Gasteiger partial charge in [0.1, 0.15) is 0 Å². The Kier molecular flexibility index (Phi) is 4.22. The summed E-state index contributed by atoms with van der Waals surface area (Å²) in [6.07, 6.45) is 3.73. The fourth-order valence-electron chi connectivity index (χ4n) is 1.57. The third-order valence-electron chi connectivity index (χ3n) is 2.44. The second-order valence-electron chi connectivity index (χ2n) is 3.54. The van der Waals surface area contributed by atoms with Crippen LogP contribution in [0.3, 0.4) is 0 Å². The van der Waals surface area contributed by atoms with Crippen LogP contribution in [0, 0.1) is 5.92 Å². The molecule has 0 radical (unpaired) electrons. The topological polar surface area (TPSA) is 38.3 Å². The molecular formula is C10H19NO2. The van der Waals surface area contributed by atoms with Crippen LogP contribution in [0.1, 0.15) is 33.1 Å². The Hall–Kier alpha value is -0.570. The number of carbonyl (C=O) groups is 1. The molecule has 1 N–H and O–H groups in total. The van der Waals surface area contributed by atoms with E-state index in [9.17, 15) is 4.79 Å². The Bertz CT molecular complexity index is 166. The second kappa shape index (κ2) is 5.22. The highest BCUT2D eigenvalue weighted by atomic mass is 16.5. The van der Waals surface area contributed by atoms with Gasteiger partial charge < -0.3 is 10.1 Å². The minimum atomic E-state index is -0.137. The number of nitrogens with one attached hydrogen (secondary N) is 1. The molecule has 1 aliphatic rings. The monoisotopic (exact) mass is 185 g/mol. The van der Waals surface area contributed by atoms with Crippen molar-refractivity contribution < 1.29 is 9.53 Å². The largest absolute Gasteiger partial charge is 0.465 e. The molecule has 76 valence electrons. The zero-order valence-electron chi connectivity index (χ0n) is 8.51. The van der Waals surface area contributed by atoms with Gasteiger partial charge in [-0.2, -0.15) is 0 Å². The number of rotatable bonds is 6. The molecule has 3 heteroatoms. The van der Waals surface area contributed by atoms with Gasteiger partial charge in [0.25, 0.3) is 0 Å². The average molecular weight is 185 g/mol. The molecule has 1 fully saturated rings. The van der Waals surface area contributed by atoms with Crippen molar-refractivity contribution in [3.63, 3.8) is 0 Å². The summed E-state index contributed by atoms with van der Waals surface area (Å²) < 4.78 is 4.84. The van der Waals surface area contributed by atoms with Crippen LogP contribution >= 0.6 is 0 Å². The Labute approximate surface area is 79.8 Å². The van der Waals surface area contributed by atoms with Crippen molar-refractivity contribution in [1.29, 1.82) is 0 Å². The molecule has 0 aromatic carbocycles. The molecule has 0 saturated heterocycles. The highest BCUT2D eigenvalue weighted by molar-refractivity contribution is 5.71. The Morgan fingerprint density at radius 3 is 2.69 bits per heavy atom. The van der Waals surface area contributed by atoms with Crippen LogP contribution in [0.2, 0.25) is 0 Å². The van der Waals surface area contributed by atoms with E-state index in [1.54, 1.807) is 0 Å². The maximum atomic E-state index is 11.0. The first-order valence-corrected chi connectivity index (χ1v) is 5.16. The zero-order valence-corrected chi connectivity index (χ0v) is 8.51. The number of carbonyl (C=O) groups excluding carboxylic acids is 1. The number of hydrogen-bond donors (Lipinski definition) is 1. The number of hydrogen-bond acceptors (Lipinski definition) is 3. The van der Waals surface area contributed by atoms with Gasteiger partial charge in [0.2, 0.25) is 0 Å². The predicted molar refractivity (Wildman–Crippen MR) is 51.4 cm³/mol. The summed E-state index contributed by atoms with van der Waals surface area (Å²) in [6.45, 7) is 4.82. The van der Waals surface area contributed by atoms with Gasteiger partial charge in [-0.1, -0.05) is 6.92 Å². The lowest BCUT2D eigenvalue weighted by molar-refractivity contribution is -0.142. The van der Waals surface area contributed by atoms with Crippen molar-refractivity contribution in [2.75, 3.05) is 13.2 Å². The van der Waals surface area contributed by atoms with E-state index >= 15 is 0 Å². The molecule has 0 aromatic heterocycles. The molecule has 3 nitrogen and oxygen atoms in total. The van der Waals surface area contributed by atoms with Crippen LogP contribution in [0.25, 0.3) is 0 Å². The van der Waals surface area contributed by atoms with Gasteiger partial charge in [-0.25, -0.2) is 0 Å². The van der Waals surface area contributed by atoms with E-state index in [2.05, 4.69) is 12.2 Å². The van der Waals surface area contributed by atoms with E-state index in [4.69, 9.17) is 4.74 Å². The van der Waals surface area contributed by atoms with Gasteiger partial charge in [-0.15, -0.1) is 0 Å². The average Bonchev–Trinajstić information content (AvgIpc) is 2.90. The van der Waals surface area contributed by atoms with E-state index in [1.807, 2.05) is 6.92 Å². The van der Waals surface area contributed by atoms with Crippen molar-refractivity contribution in [3.05, 3.63) is 0 Å². The Balaban J connectivity index is 2.11. The van der Waals surface area contributed by atoms with Crippen molar-refractivity contribution >= 4 is 5.97 Å². The van der Waals surface area contributed by atoms with Crippen LogP contribution in [0.15, 0.2) is 0 Å². The molecule has 0 aliphatic heterocycles. The molecular weight excluding hydrogens is 166 g/mol. The molecule has 0 heterocycles. The molecule has 0 amide bonds. The van der Waals surface area contributed by atoms with Gasteiger partial charge >= 0.3 is 5.97 Å². The van der Waals surface area contributed by atoms with Crippen LogP contribution in [0.4, 0.5) is 0 Å². The van der Waals surface area contributed by atoms with Crippen molar-refractivity contribution in [1.82, 2.24) is 5.32 Å². The van der Waals surface area contributed by atoms with Crippen LogP contribution in [-0.4, -0.2) is 25.2 Å². The van der Waals surface area contributed by atoms with Gasteiger partial charge in [-0.3, -0.25) is 4.79 Å². The lowest BCUT2D eigenvalue weighted by Gasteiger charge is -2.14. The van der Waals surface area contributed by atoms with Crippen molar-refractivity contribution in [2.45, 2.75) is 39.2 Å². The molecule has 1 rings (SSSR count). The zero-order chi connectivity index (χ0) is 9.68. The van der Waals surface area contributed by atoms with Crippen LogP contribution < -0.4 is 5.32 Å². The first kappa shape index (κ1) is 10.5. The normalized spacial score (nSPS) is 18.3. The maximum absolute atomic E-state index is 11.0. The molecule has 1 unspecified atom stereocenters. The highest BCUT2D eigenvalue weighted by Crippen LogP contribution is 2.33. The minimum Gasteiger partial charge on any atom is -0.465 e. The summed E-state index contributed by atoms with van der Waals surface area (Å²) in [5.41, 5.74) is 0. The van der Waals surface area contributed by atoms with E-state index in [0.29, 0.717) is 19.2 Å². The second-order valence-corrected chi connectivity index (χ2v) is 3.54. The minimum absolute atomic E-state index is 0.137. The molecule has 13 heavy (non-hydrogen) atoms. The van der Waals surface area contributed by atoms with Crippen molar-refractivity contribution in [3.8, 4) is 0 Å². The summed E-state index contributed by atoms with van der Waals surface area (Å²) in [7, 11) is 0. The SMILES string of the molecule is CCOC(=O)CNC(CC)C1CC1. The smallest absolute Gasteiger partial charge is 0.319 e. The van der Waals surface area contributed by atoms with Crippen molar-refractivity contribution in [2.24, 2.45) is 5.92 Å². The molecule has 0 bridgehead atoms.